The van der Waals surface area contributed by atoms with Gasteiger partial charge in [-0.25, -0.2) is 14.2 Å². The molecule has 3 N–H and O–H groups in total. The van der Waals surface area contributed by atoms with Crippen molar-refractivity contribution in [2.45, 2.75) is 38.1 Å². The van der Waals surface area contributed by atoms with Crippen LogP contribution < -0.4 is 16.0 Å². The summed E-state index contributed by atoms with van der Waals surface area (Å²) in [5, 5.41) is 8.31. The molecule has 1 saturated heterocycles. The second-order valence-electron chi connectivity index (χ2n) is 7.18. The van der Waals surface area contributed by atoms with E-state index in [0.717, 1.165) is 10.4 Å². The molecule has 2 fully saturated rings. The van der Waals surface area contributed by atoms with Crippen molar-refractivity contribution in [2.75, 3.05) is 5.32 Å². The van der Waals surface area contributed by atoms with E-state index in [2.05, 4.69) is 20.9 Å². The summed E-state index contributed by atoms with van der Waals surface area (Å²) in [6.07, 6.45) is 1.88. The molecule has 2 aliphatic rings. The number of hydrogen-bond acceptors (Lipinski definition) is 5. The molecule has 1 aromatic carbocycles. The minimum Gasteiger partial charge on any atom is -0.323 e. The number of rotatable bonds is 3. The molecule has 1 aliphatic carbocycles. The number of amides is 4. The Morgan fingerprint density at radius 2 is 1.93 bits per heavy atom. The summed E-state index contributed by atoms with van der Waals surface area (Å²) in [6, 6.07) is 5.60. The molecule has 146 valence electrons. The largest absolute Gasteiger partial charge is 0.323 e. The number of urea groups is 1. The van der Waals surface area contributed by atoms with Gasteiger partial charge >= 0.3 is 6.03 Å². The Kier molecular flexibility index (Phi) is 4.62. The summed E-state index contributed by atoms with van der Waals surface area (Å²) in [6.45, 7) is 1.90. The van der Waals surface area contributed by atoms with Crippen molar-refractivity contribution in [3.8, 4) is 11.3 Å². The molecule has 4 rings (SSSR count). The quantitative estimate of drug-likeness (QED) is 0.687. The molecule has 28 heavy (non-hydrogen) atoms. The minimum atomic E-state index is -0.874. The average molecular weight is 402 g/mol. The fourth-order valence-corrected chi connectivity index (χ4v) is 4.62. The van der Waals surface area contributed by atoms with E-state index in [1.807, 2.05) is 6.92 Å². The lowest BCUT2D eigenvalue weighted by Gasteiger charge is -2.33. The highest BCUT2D eigenvalue weighted by Gasteiger charge is 2.48. The van der Waals surface area contributed by atoms with Crippen LogP contribution >= 0.6 is 11.3 Å². The number of aryl methyl sites for hydroxylation is 1. The molecule has 0 atom stereocenters. The molecule has 0 radical (unpaired) electrons. The van der Waals surface area contributed by atoms with Crippen LogP contribution in [0.2, 0.25) is 0 Å². The lowest BCUT2D eigenvalue weighted by atomic mass is 9.76. The number of nitrogens with zero attached hydrogens (tertiary/aromatic N) is 1. The molecule has 4 amide bonds. The summed E-state index contributed by atoms with van der Waals surface area (Å²) >= 11 is 1.37. The maximum absolute atomic E-state index is 13.1. The summed E-state index contributed by atoms with van der Waals surface area (Å²) < 4.78 is 13.1. The summed E-state index contributed by atoms with van der Waals surface area (Å²) in [4.78, 5) is 41.4. The second kappa shape index (κ2) is 6.97. The zero-order valence-corrected chi connectivity index (χ0v) is 16.0. The number of aromatic nitrogens is 1. The average Bonchev–Trinajstić information content (AvgIpc) is 3.15. The molecule has 2 aromatic rings. The van der Waals surface area contributed by atoms with Gasteiger partial charge in [0.05, 0.1) is 5.69 Å². The first-order chi connectivity index (χ1) is 13.4. The summed E-state index contributed by atoms with van der Waals surface area (Å²) in [5.74, 6) is -1.00. The summed E-state index contributed by atoms with van der Waals surface area (Å²) in [7, 11) is 0. The third-order valence-electron chi connectivity index (χ3n) is 5.37. The van der Waals surface area contributed by atoms with E-state index >= 15 is 0 Å². The number of hydrogen-bond donors (Lipinski definition) is 3. The van der Waals surface area contributed by atoms with Gasteiger partial charge in [0, 0.05) is 16.4 Å². The number of thiazole rings is 1. The van der Waals surface area contributed by atoms with Gasteiger partial charge in [0.2, 0.25) is 5.91 Å². The van der Waals surface area contributed by atoms with Crippen LogP contribution in [-0.4, -0.2) is 28.4 Å². The SMILES string of the molecule is Cc1sc(NC(=O)C2CCC3(CC2)NC(=O)NC3=O)nc1-c1ccc(F)cc1. The highest BCUT2D eigenvalue weighted by molar-refractivity contribution is 7.16. The van der Waals surface area contributed by atoms with E-state index < -0.39 is 11.6 Å². The molecular formula is C19H19FN4O3S. The molecule has 9 heteroatoms. The smallest absolute Gasteiger partial charge is 0.322 e. The number of carbonyl (C=O) groups excluding carboxylic acids is 3. The Balaban J connectivity index is 1.41. The van der Waals surface area contributed by atoms with Crippen LogP contribution in [0.25, 0.3) is 11.3 Å². The molecule has 1 aromatic heterocycles. The van der Waals surface area contributed by atoms with Crippen LogP contribution in [0.15, 0.2) is 24.3 Å². The highest BCUT2D eigenvalue weighted by atomic mass is 32.1. The zero-order chi connectivity index (χ0) is 19.9. The van der Waals surface area contributed by atoms with Crippen molar-refractivity contribution < 1.29 is 18.8 Å². The van der Waals surface area contributed by atoms with Crippen LogP contribution in [0.1, 0.15) is 30.6 Å². The number of halogens is 1. The topological polar surface area (TPSA) is 100 Å². The Bertz CT molecular complexity index is 949. The van der Waals surface area contributed by atoms with Crippen LogP contribution in [0, 0.1) is 18.7 Å². The van der Waals surface area contributed by atoms with Gasteiger partial charge < -0.3 is 10.6 Å². The molecule has 7 nitrogen and oxygen atoms in total. The normalized spacial score (nSPS) is 24.1. The molecule has 0 bridgehead atoms. The monoisotopic (exact) mass is 402 g/mol. The van der Waals surface area contributed by atoms with Crippen molar-refractivity contribution in [1.29, 1.82) is 0 Å². The van der Waals surface area contributed by atoms with Gasteiger partial charge in [-0.2, -0.15) is 0 Å². The van der Waals surface area contributed by atoms with Crippen LogP contribution in [0.4, 0.5) is 14.3 Å². The van der Waals surface area contributed by atoms with E-state index in [9.17, 15) is 18.8 Å². The third-order valence-corrected chi connectivity index (χ3v) is 6.26. The standard InChI is InChI=1S/C19H19FN4O3S/c1-10-14(11-2-4-13(20)5-3-11)21-18(28-10)22-15(25)12-6-8-19(9-7-12)16(26)23-17(27)24-19/h2-5,12H,6-9H2,1H3,(H,21,22,25)(H2,23,24,26,27). The fourth-order valence-electron chi connectivity index (χ4n) is 3.79. The highest BCUT2D eigenvalue weighted by Crippen LogP contribution is 2.36. The third kappa shape index (κ3) is 3.37. The van der Waals surface area contributed by atoms with E-state index in [1.165, 1.54) is 23.5 Å². The van der Waals surface area contributed by atoms with Gasteiger partial charge in [-0.15, -0.1) is 11.3 Å². The fraction of sp³-hybridized carbons (Fsp3) is 0.368. The molecule has 1 spiro atoms. The van der Waals surface area contributed by atoms with Gasteiger partial charge in [-0.05, 0) is 56.9 Å². The lowest BCUT2D eigenvalue weighted by molar-refractivity contribution is -0.128. The predicted octanol–water partition coefficient (Wildman–Crippen LogP) is 2.96. The molecule has 0 unspecified atom stereocenters. The predicted molar refractivity (Wildman–Crippen MR) is 102 cm³/mol. The lowest BCUT2D eigenvalue weighted by Crippen LogP contribution is -2.50. The first-order valence-electron chi connectivity index (χ1n) is 9.04. The van der Waals surface area contributed by atoms with E-state index in [0.29, 0.717) is 36.5 Å². The summed E-state index contributed by atoms with van der Waals surface area (Å²) in [5.41, 5.74) is 0.632. The van der Waals surface area contributed by atoms with Crippen molar-refractivity contribution in [3.05, 3.63) is 35.0 Å². The van der Waals surface area contributed by atoms with Crippen LogP contribution in [0.3, 0.4) is 0 Å². The Labute approximate surface area is 164 Å². The van der Waals surface area contributed by atoms with E-state index in [4.69, 9.17) is 0 Å². The first-order valence-corrected chi connectivity index (χ1v) is 9.86. The van der Waals surface area contributed by atoms with Crippen molar-refractivity contribution in [2.24, 2.45) is 5.92 Å². The van der Waals surface area contributed by atoms with Gasteiger partial charge in [0.15, 0.2) is 5.13 Å². The number of nitrogens with one attached hydrogen (secondary N) is 3. The molecule has 1 saturated carbocycles. The maximum Gasteiger partial charge on any atom is 0.322 e. The van der Waals surface area contributed by atoms with E-state index in [-0.39, 0.29) is 23.5 Å². The molecule has 2 heterocycles. The second-order valence-corrected chi connectivity index (χ2v) is 8.39. The Morgan fingerprint density at radius 1 is 1.25 bits per heavy atom. The molecular weight excluding hydrogens is 383 g/mol. The van der Waals surface area contributed by atoms with Gasteiger partial charge in [0.25, 0.3) is 5.91 Å². The van der Waals surface area contributed by atoms with Crippen LogP contribution in [0.5, 0.6) is 0 Å². The minimum absolute atomic E-state index is 0.140. The Morgan fingerprint density at radius 3 is 2.54 bits per heavy atom. The van der Waals surface area contributed by atoms with Crippen molar-refractivity contribution >= 4 is 34.3 Å². The zero-order valence-electron chi connectivity index (χ0n) is 15.2. The maximum atomic E-state index is 13.1. The number of imide groups is 1. The van der Waals surface area contributed by atoms with Crippen LogP contribution in [-0.2, 0) is 9.59 Å². The number of benzene rings is 1. The Hall–Kier alpha value is -2.81. The number of carbonyl (C=O) groups is 3. The van der Waals surface area contributed by atoms with Gasteiger partial charge in [0.1, 0.15) is 11.4 Å². The van der Waals surface area contributed by atoms with Gasteiger partial charge in [-0.1, -0.05) is 0 Å². The van der Waals surface area contributed by atoms with Gasteiger partial charge in [-0.3, -0.25) is 14.9 Å². The first kappa shape index (κ1) is 18.5. The van der Waals surface area contributed by atoms with Crippen molar-refractivity contribution in [3.63, 3.8) is 0 Å². The van der Waals surface area contributed by atoms with Crippen molar-refractivity contribution in [1.82, 2.24) is 15.6 Å². The number of anilines is 1. The van der Waals surface area contributed by atoms with E-state index in [1.54, 1.807) is 12.1 Å². The molecule has 1 aliphatic heterocycles.